The number of benzene rings is 1. The molecule has 1 atom stereocenters. The molecule has 0 spiro atoms. The number of aliphatic hydroxyl groups excluding tert-OH is 1. The summed E-state index contributed by atoms with van der Waals surface area (Å²) in [5.41, 5.74) is 1.33. The molecule has 0 unspecified atom stereocenters. The second-order valence-corrected chi connectivity index (χ2v) is 8.77. The Morgan fingerprint density at radius 3 is 2.50 bits per heavy atom. The van der Waals surface area contributed by atoms with E-state index in [2.05, 4.69) is 0 Å². The largest absolute Gasteiger partial charge is 0.393 e. The molecule has 1 aromatic rings. The zero-order valence-electron chi connectivity index (χ0n) is 13.4. The average molecular weight is 327 g/mol. The molecular formula is C16H25NO4S. The first-order valence-electron chi connectivity index (χ1n) is 7.58. The van der Waals surface area contributed by atoms with Gasteiger partial charge >= 0.3 is 0 Å². The maximum atomic E-state index is 12.4. The number of rotatable bonds is 5. The zero-order valence-corrected chi connectivity index (χ0v) is 14.3. The fourth-order valence-electron chi connectivity index (χ4n) is 2.66. The molecule has 0 aliphatic carbocycles. The van der Waals surface area contributed by atoms with E-state index in [1.807, 2.05) is 31.2 Å². The Labute approximate surface area is 133 Å². The smallest absolute Gasteiger partial charge is 0.216 e. The lowest BCUT2D eigenvalue weighted by atomic mass is 9.93. The van der Waals surface area contributed by atoms with Crippen molar-refractivity contribution in [1.82, 2.24) is 4.31 Å². The summed E-state index contributed by atoms with van der Waals surface area (Å²) in [6, 6.07) is 8.00. The van der Waals surface area contributed by atoms with Crippen LogP contribution in [0.25, 0.3) is 0 Å². The summed E-state index contributed by atoms with van der Waals surface area (Å²) in [7, 11) is -3.34. The van der Waals surface area contributed by atoms with E-state index >= 15 is 0 Å². The van der Waals surface area contributed by atoms with Crippen molar-refractivity contribution >= 4 is 10.0 Å². The summed E-state index contributed by atoms with van der Waals surface area (Å²) >= 11 is 0. The minimum absolute atomic E-state index is 0.192. The maximum absolute atomic E-state index is 12.4. The Morgan fingerprint density at radius 1 is 1.32 bits per heavy atom. The first-order valence-corrected chi connectivity index (χ1v) is 9.09. The van der Waals surface area contributed by atoms with Crippen molar-refractivity contribution in [1.29, 1.82) is 0 Å². The molecule has 0 bridgehead atoms. The molecule has 5 nitrogen and oxygen atoms in total. The van der Waals surface area contributed by atoms with Crippen molar-refractivity contribution in [3.05, 3.63) is 35.4 Å². The Hall–Kier alpha value is -0.950. The van der Waals surface area contributed by atoms with Crippen LogP contribution >= 0.6 is 0 Å². The third-order valence-electron chi connectivity index (χ3n) is 4.10. The van der Waals surface area contributed by atoms with E-state index in [0.29, 0.717) is 19.6 Å². The SMILES string of the molecule is Cc1ccc(C[C@@]2(CO)CN(S(=O)(=O)C(C)C)CCO2)cc1. The predicted octanol–water partition coefficient (Wildman–Crippen LogP) is 1.34. The zero-order chi connectivity index (χ0) is 16.4. The topological polar surface area (TPSA) is 66.8 Å². The summed E-state index contributed by atoms with van der Waals surface area (Å²) in [4.78, 5) is 0. The number of nitrogens with zero attached hydrogens (tertiary/aromatic N) is 1. The van der Waals surface area contributed by atoms with Gasteiger partial charge in [-0.05, 0) is 26.3 Å². The molecule has 2 rings (SSSR count). The second-order valence-electron chi connectivity index (χ2n) is 6.28. The highest BCUT2D eigenvalue weighted by Gasteiger charge is 2.41. The molecule has 0 amide bonds. The Balaban J connectivity index is 2.20. The number of hydrogen-bond donors (Lipinski definition) is 1. The van der Waals surface area contributed by atoms with Gasteiger partial charge in [-0.3, -0.25) is 0 Å². The van der Waals surface area contributed by atoms with E-state index < -0.39 is 20.9 Å². The van der Waals surface area contributed by atoms with Crippen LogP contribution in [0.2, 0.25) is 0 Å². The highest BCUT2D eigenvalue weighted by atomic mass is 32.2. The van der Waals surface area contributed by atoms with Crippen LogP contribution in [0.5, 0.6) is 0 Å². The number of hydrogen-bond acceptors (Lipinski definition) is 4. The van der Waals surface area contributed by atoms with Gasteiger partial charge in [0, 0.05) is 19.5 Å². The third kappa shape index (κ3) is 3.68. The van der Waals surface area contributed by atoms with Crippen LogP contribution < -0.4 is 0 Å². The Kier molecular flexibility index (Phi) is 5.27. The first kappa shape index (κ1) is 17.4. The molecule has 1 aliphatic heterocycles. The van der Waals surface area contributed by atoms with Gasteiger partial charge in [0.15, 0.2) is 0 Å². The highest BCUT2D eigenvalue weighted by molar-refractivity contribution is 7.89. The number of aliphatic hydroxyl groups is 1. The van der Waals surface area contributed by atoms with Crippen molar-refractivity contribution in [2.24, 2.45) is 0 Å². The van der Waals surface area contributed by atoms with E-state index in [1.54, 1.807) is 13.8 Å². The van der Waals surface area contributed by atoms with Gasteiger partial charge in [-0.15, -0.1) is 0 Å². The van der Waals surface area contributed by atoms with Crippen molar-refractivity contribution in [2.75, 3.05) is 26.3 Å². The molecule has 1 heterocycles. The third-order valence-corrected chi connectivity index (χ3v) is 6.33. The number of sulfonamides is 1. The second kappa shape index (κ2) is 6.66. The molecule has 0 aromatic heterocycles. The van der Waals surface area contributed by atoms with Gasteiger partial charge in [0.25, 0.3) is 0 Å². The van der Waals surface area contributed by atoms with Gasteiger partial charge < -0.3 is 9.84 Å². The molecule has 1 saturated heterocycles. The van der Waals surface area contributed by atoms with Crippen LogP contribution in [0.1, 0.15) is 25.0 Å². The quantitative estimate of drug-likeness (QED) is 0.886. The number of ether oxygens (including phenoxy) is 1. The van der Waals surface area contributed by atoms with Gasteiger partial charge in [0.1, 0.15) is 5.60 Å². The minimum Gasteiger partial charge on any atom is -0.393 e. The average Bonchev–Trinajstić information content (AvgIpc) is 2.50. The maximum Gasteiger partial charge on any atom is 0.216 e. The van der Waals surface area contributed by atoms with E-state index in [1.165, 1.54) is 4.31 Å². The molecule has 6 heteroatoms. The Bertz CT molecular complexity index is 597. The van der Waals surface area contributed by atoms with Crippen LogP contribution in [0.4, 0.5) is 0 Å². The van der Waals surface area contributed by atoms with Crippen molar-refractivity contribution in [3.63, 3.8) is 0 Å². The minimum atomic E-state index is -3.34. The van der Waals surface area contributed by atoms with E-state index in [9.17, 15) is 13.5 Å². The predicted molar refractivity (Wildman–Crippen MR) is 86.3 cm³/mol. The monoisotopic (exact) mass is 327 g/mol. The fourth-order valence-corrected chi connectivity index (χ4v) is 4.00. The lowest BCUT2D eigenvalue weighted by Gasteiger charge is -2.41. The van der Waals surface area contributed by atoms with E-state index in [-0.39, 0.29) is 13.2 Å². The molecule has 1 N–H and O–H groups in total. The van der Waals surface area contributed by atoms with Gasteiger partial charge in [-0.2, -0.15) is 4.31 Å². The lowest BCUT2D eigenvalue weighted by molar-refractivity contribution is -0.115. The van der Waals surface area contributed by atoms with Crippen LogP contribution in [0, 0.1) is 6.92 Å². The molecule has 1 aromatic carbocycles. The molecular weight excluding hydrogens is 302 g/mol. The number of aryl methyl sites for hydroxylation is 1. The molecule has 1 aliphatic rings. The summed E-state index contributed by atoms with van der Waals surface area (Å²) in [5, 5.41) is 9.36. The fraction of sp³-hybridized carbons (Fsp3) is 0.625. The molecule has 1 fully saturated rings. The van der Waals surface area contributed by atoms with Crippen LogP contribution in [-0.2, 0) is 21.2 Å². The highest BCUT2D eigenvalue weighted by Crippen LogP contribution is 2.26. The van der Waals surface area contributed by atoms with E-state index in [4.69, 9.17) is 4.74 Å². The van der Waals surface area contributed by atoms with Gasteiger partial charge in [0.05, 0.1) is 18.5 Å². The van der Waals surface area contributed by atoms with Gasteiger partial charge in [0.2, 0.25) is 10.0 Å². The van der Waals surface area contributed by atoms with Crippen LogP contribution in [0.15, 0.2) is 24.3 Å². The lowest BCUT2D eigenvalue weighted by Crippen LogP contribution is -2.57. The normalized spacial score (nSPS) is 23.9. The standard InChI is InChI=1S/C16H25NO4S/c1-13(2)22(19,20)17-8-9-21-16(11-17,12-18)10-15-6-4-14(3)5-7-15/h4-7,13,18H,8-12H2,1-3H3/t16-/m0/s1. The first-order chi connectivity index (χ1) is 10.3. The summed E-state index contributed by atoms with van der Waals surface area (Å²) in [6.07, 6.45) is 0.494. The number of morpholine rings is 1. The molecule has 22 heavy (non-hydrogen) atoms. The van der Waals surface area contributed by atoms with Gasteiger partial charge in [-0.25, -0.2) is 8.42 Å². The summed E-state index contributed by atoms with van der Waals surface area (Å²) in [6.45, 7) is 5.99. The molecule has 124 valence electrons. The van der Waals surface area contributed by atoms with Crippen molar-refractivity contribution < 1.29 is 18.3 Å². The van der Waals surface area contributed by atoms with Crippen LogP contribution in [0.3, 0.4) is 0 Å². The molecule has 0 radical (unpaired) electrons. The van der Waals surface area contributed by atoms with Crippen molar-refractivity contribution in [3.8, 4) is 0 Å². The molecule has 0 saturated carbocycles. The van der Waals surface area contributed by atoms with Crippen LogP contribution in [-0.4, -0.2) is 55.0 Å². The van der Waals surface area contributed by atoms with E-state index in [0.717, 1.165) is 11.1 Å². The van der Waals surface area contributed by atoms with Crippen molar-refractivity contribution in [2.45, 2.75) is 38.0 Å². The Morgan fingerprint density at radius 2 is 1.95 bits per heavy atom. The van der Waals surface area contributed by atoms with Gasteiger partial charge in [-0.1, -0.05) is 29.8 Å². The summed E-state index contributed by atoms with van der Waals surface area (Å²) in [5.74, 6) is 0. The summed E-state index contributed by atoms with van der Waals surface area (Å²) < 4.78 is 32.0.